The molecule has 0 radical (unpaired) electrons. The number of carbonyl (C=O) groups excluding carboxylic acids is 1. The Morgan fingerprint density at radius 3 is 2.86 bits per heavy atom. The Morgan fingerprint density at radius 2 is 2.19 bits per heavy atom. The van der Waals surface area contributed by atoms with Gasteiger partial charge in [-0.15, -0.1) is 10.2 Å². The van der Waals surface area contributed by atoms with E-state index < -0.39 is 12.1 Å². The van der Waals surface area contributed by atoms with Gasteiger partial charge < -0.3 is 10.1 Å². The van der Waals surface area contributed by atoms with E-state index in [2.05, 4.69) is 25.9 Å². The van der Waals surface area contributed by atoms with Crippen LogP contribution in [0.1, 0.15) is 31.3 Å². The fourth-order valence-corrected chi connectivity index (χ4v) is 1.65. The Balaban J connectivity index is 1.98. The highest BCUT2D eigenvalue weighted by Gasteiger charge is 2.20. The van der Waals surface area contributed by atoms with Crippen molar-refractivity contribution in [1.29, 1.82) is 5.26 Å². The van der Waals surface area contributed by atoms with Crippen LogP contribution < -0.4 is 10.1 Å². The summed E-state index contributed by atoms with van der Waals surface area (Å²) in [5.74, 6) is 0.419. The van der Waals surface area contributed by atoms with E-state index in [1.165, 1.54) is 0 Å². The van der Waals surface area contributed by atoms with Crippen LogP contribution in [-0.4, -0.2) is 32.6 Å². The number of amides is 1. The topological polar surface area (TPSA) is 117 Å². The molecule has 0 aliphatic rings. The zero-order valence-electron chi connectivity index (χ0n) is 11.6. The molecule has 8 nitrogen and oxygen atoms in total. The molecule has 108 valence electrons. The van der Waals surface area contributed by atoms with E-state index in [0.717, 1.165) is 0 Å². The van der Waals surface area contributed by atoms with Crippen LogP contribution in [-0.2, 0) is 4.79 Å². The summed E-state index contributed by atoms with van der Waals surface area (Å²) in [5.41, 5.74) is 0.378. The number of hydrogen-bond donors (Lipinski definition) is 2. The number of ether oxygens (including phenoxy) is 1. The molecule has 21 heavy (non-hydrogen) atoms. The molecule has 2 N–H and O–H groups in total. The molecule has 2 atom stereocenters. The minimum absolute atomic E-state index is 0.333. The first-order valence-electron chi connectivity index (χ1n) is 6.31. The van der Waals surface area contributed by atoms with Crippen molar-refractivity contribution in [3.05, 3.63) is 35.7 Å². The lowest BCUT2D eigenvalue weighted by atomic mass is 10.2. The average Bonchev–Trinajstić information content (AvgIpc) is 3.02. The van der Waals surface area contributed by atoms with Gasteiger partial charge in [0.25, 0.3) is 5.91 Å². The van der Waals surface area contributed by atoms with Crippen LogP contribution in [0, 0.1) is 11.3 Å². The number of benzene rings is 1. The zero-order chi connectivity index (χ0) is 15.2. The summed E-state index contributed by atoms with van der Waals surface area (Å²) in [4.78, 5) is 12.0. The first-order valence-corrected chi connectivity index (χ1v) is 6.31. The van der Waals surface area contributed by atoms with Gasteiger partial charge in [0.05, 0.1) is 11.6 Å². The number of nitrogens with one attached hydrogen (secondary N) is 2. The number of hydrogen-bond acceptors (Lipinski definition) is 6. The molecule has 0 spiro atoms. The molecule has 2 unspecified atom stereocenters. The molecule has 1 aromatic heterocycles. The highest BCUT2D eigenvalue weighted by atomic mass is 16.5. The first kappa shape index (κ1) is 14.5. The second kappa shape index (κ2) is 6.47. The van der Waals surface area contributed by atoms with Crippen LogP contribution in [0.5, 0.6) is 5.75 Å². The molecule has 1 heterocycles. The van der Waals surface area contributed by atoms with Gasteiger partial charge in [0, 0.05) is 0 Å². The number of para-hydroxylation sites is 1. The number of H-pyrrole nitrogens is 1. The molecule has 2 aromatic rings. The standard InChI is InChI=1S/C13H14N6O2/c1-8(12-16-18-19-17-12)15-13(20)9(2)21-11-6-4-3-5-10(11)7-14/h3-6,8-9H,1-2H3,(H,15,20)(H,16,17,18,19). The summed E-state index contributed by atoms with van der Waals surface area (Å²) in [5, 5.41) is 25.0. The van der Waals surface area contributed by atoms with Crippen molar-refractivity contribution >= 4 is 5.91 Å². The van der Waals surface area contributed by atoms with E-state index in [1.807, 2.05) is 6.07 Å². The SMILES string of the molecule is CC(Oc1ccccc1C#N)C(=O)NC(C)c1nn[nH]n1. The fraction of sp³-hybridized carbons (Fsp3) is 0.308. The maximum absolute atomic E-state index is 12.0. The van der Waals surface area contributed by atoms with Gasteiger partial charge in [-0.2, -0.15) is 10.5 Å². The molecular weight excluding hydrogens is 272 g/mol. The Bertz CT molecular complexity index is 649. The third-order valence-corrected chi connectivity index (χ3v) is 2.79. The summed E-state index contributed by atoms with van der Waals surface area (Å²) < 4.78 is 5.52. The molecular formula is C13H14N6O2. The summed E-state index contributed by atoms with van der Waals surface area (Å²) in [6, 6.07) is 8.36. The van der Waals surface area contributed by atoms with Gasteiger partial charge in [0.1, 0.15) is 11.8 Å². The molecule has 0 saturated heterocycles. The molecule has 1 amide bonds. The molecule has 1 aromatic carbocycles. The summed E-state index contributed by atoms with van der Waals surface area (Å²) in [7, 11) is 0. The lowest BCUT2D eigenvalue weighted by molar-refractivity contribution is -0.128. The van der Waals surface area contributed by atoms with Gasteiger partial charge in [-0.25, -0.2) is 0 Å². The molecule has 2 rings (SSSR count). The van der Waals surface area contributed by atoms with Crippen LogP contribution in [0.25, 0.3) is 0 Å². The lowest BCUT2D eigenvalue weighted by Crippen LogP contribution is -2.38. The maximum Gasteiger partial charge on any atom is 0.261 e. The van der Waals surface area contributed by atoms with Gasteiger partial charge in [-0.1, -0.05) is 17.3 Å². The van der Waals surface area contributed by atoms with Crippen molar-refractivity contribution in [2.75, 3.05) is 0 Å². The number of aromatic amines is 1. The van der Waals surface area contributed by atoms with Crippen molar-refractivity contribution in [2.45, 2.75) is 26.0 Å². The molecule has 0 fully saturated rings. The molecule has 0 saturated carbocycles. The quantitative estimate of drug-likeness (QED) is 0.836. The van der Waals surface area contributed by atoms with Crippen molar-refractivity contribution in [3.8, 4) is 11.8 Å². The second-order valence-electron chi connectivity index (χ2n) is 4.37. The number of rotatable bonds is 5. The highest BCUT2D eigenvalue weighted by Crippen LogP contribution is 2.18. The molecule has 0 bridgehead atoms. The Kier molecular flexibility index (Phi) is 4.46. The van der Waals surface area contributed by atoms with Crippen LogP contribution in [0.4, 0.5) is 0 Å². The largest absolute Gasteiger partial charge is 0.480 e. The summed E-state index contributed by atoms with van der Waals surface area (Å²) in [6.45, 7) is 3.34. The van der Waals surface area contributed by atoms with E-state index in [-0.39, 0.29) is 5.91 Å². The second-order valence-corrected chi connectivity index (χ2v) is 4.37. The van der Waals surface area contributed by atoms with Gasteiger partial charge in [0.15, 0.2) is 11.9 Å². The predicted molar refractivity (Wildman–Crippen MR) is 72.0 cm³/mol. The number of aromatic nitrogens is 4. The van der Waals surface area contributed by atoms with Crippen molar-refractivity contribution in [1.82, 2.24) is 25.9 Å². The van der Waals surface area contributed by atoms with E-state index in [9.17, 15) is 4.79 Å². The van der Waals surface area contributed by atoms with Gasteiger partial charge in [-0.3, -0.25) is 4.79 Å². The Labute approximate surface area is 121 Å². The maximum atomic E-state index is 12.0. The summed E-state index contributed by atoms with van der Waals surface area (Å²) in [6.07, 6.45) is -0.756. The third-order valence-electron chi connectivity index (χ3n) is 2.79. The van der Waals surface area contributed by atoms with E-state index in [4.69, 9.17) is 10.00 Å². The van der Waals surface area contributed by atoms with Crippen LogP contribution in [0.3, 0.4) is 0 Å². The van der Waals surface area contributed by atoms with Gasteiger partial charge >= 0.3 is 0 Å². The van der Waals surface area contributed by atoms with Crippen LogP contribution in [0.2, 0.25) is 0 Å². The van der Waals surface area contributed by atoms with E-state index in [1.54, 1.807) is 38.1 Å². The van der Waals surface area contributed by atoms with Crippen molar-refractivity contribution < 1.29 is 9.53 Å². The zero-order valence-corrected chi connectivity index (χ0v) is 11.6. The predicted octanol–water partition coefficient (Wildman–Crippen LogP) is 0.716. The molecule has 8 heteroatoms. The number of nitriles is 1. The smallest absolute Gasteiger partial charge is 0.261 e. The van der Waals surface area contributed by atoms with E-state index >= 15 is 0 Å². The van der Waals surface area contributed by atoms with Crippen LogP contribution in [0.15, 0.2) is 24.3 Å². The number of carbonyl (C=O) groups is 1. The van der Waals surface area contributed by atoms with Gasteiger partial charge in [0.2, 0.25) is 0 Å². The van der Waals surface area contributed by atoms with Crippen molar-refractivity contribution in [2.24, 2.45) is 0 Å². The van der Waals surface area contributed by atoms with Crippen molar-refractivity contribution in [3.63, 3.8) is 0 Å². The summed E-state index contributed by atoms with van der Waals surface area (Å²) >= 11 is 0. The van der Waals surface area contributed by atoms with Gasteiger partial charge in [-0.05, 0) is 26.0 Å². The Hall–Kier alpha value is -2.95. The first-order chi connectivity index (χ1) is 10.1. The molecule has 0 aliphatic carbocycles. The molecule has 0 aliphatic heterocycles. The Morgan fingerprint density at radius 1 is 1.43 bits per heavy atom. The minimum atomic E-state index is -0.756. The van der Waals surface area contributed by atoms with Crippen LogP contribution >= 0.6 is 0 Å². The number of tetrazole rings is 1. The van der Waals surface area contributed by atoms with E-state index in [0.29, 0.717) is 17.1 Å². The highest BCUT2D eigenvalue weighted by molar-refractivity contribution is 5.81. The normalized spacial score (nSPS) is 13.0. The third kappa shape index (κ3) is 3.54. The lowest BCUT2D eigenvalue weighted by Gasteiger charge is -2.17. The average molecular weight is 286 g/mol. The monoisotopic (exact) mass is 286 g/mol. The minimum Gasteiger partial charge on any atom is -0.480 e. The fourth-order valence-electron chi connectivity index (χ4n) is 1.65. The number of nitrogens with zero attached hydrogens (tertiary/aromatic N) is 4.